The fraction of sp³-hybridized carbons (Fsp3) is 0.318. The molecule has 158 valence electrons. The quantitative estimate of drug-likeness (QED) is 0.485. The summed E-state index contributed by atoms with van der Waals surface area (Å²) < 4.78 is 7.21. The van der Waals surface area contributed by atoms with Crippen LogP contribution in [-0.4, -0.2) is 33.5 Å². The van der Waals surface area contributed by atoms with Crippen molar-refractivity contribution in [3.05, 3.63) is 64.4 Å². The number of nitrogens with one attached hydrogen (secondary N) is 1. The lowest BCUT2D eigenvalue weighted by Crippen LogP contribution is -2.14. The molecule has 1 heterocycles. The molecule has 1 aromatic heterocycles. The second-order valence-corrected chi connectivity index (χ2v) is 8.27. The summed E-state index contributed by atoms with van der Waals surface area (Å²) in [5.74, 6) is 1.90. The highest BCUT2D eigenvalue weighted by Gasteiger charge is 2.12. The summed E-state index contributed by atoms with van der Waals surface area (Å²) in [5.41, 5.74) is 3.15. The lowest BCUT2D eigenvalue weighted by atomic mass is 10.0. The summed E-state index contributed by atoms with van der Waals surface area (Å²) in [7, 11) is 3.61. The number of methoxy groups -OCH3 is 1. The predicted octanol–water partition coefficient (Wildman–Crippen LogP) is 4.69. The normalized spacial score (nSPS) is 10.8. The molecule has 1 N–H and O–H groups in total. The Hall–Kier alpha value is -2.51. The third-order valence-corrected chi connectivity index (χ3v) is 6.15. The molecule has 1 amide bonds. The molecule has 0 spiro atoms. The zero-order chi connectivity index (χ0) is 21.5. The molecule has 2 aromatic carbocycles. The van der Waals surface area contributed by atoms with E-state index in [2.05, 4.69) is 34.6 Å². The number of anilines is 1. The molecular formula is C22H25ClN4O2S. The highest BCUT2D eigenvalue weighted by atomic mass is 35.5. The maximum Gasteiger partial charge on any atom is 0.234 e. The van der Waals surface area contributed by atoms with E-state index >= 15 is 0 Å². The Morgan fingerprint density at radius 2 is 2.00 bits per heavy atom. The molecule has 0 aliphatic rings. The van der Waals surface area contributed by atoms with Gasteiger partial charge in [0.2, 0.25) is 5.91 Å². The zero-order valence-electron chi connectivity index (χ0n) is 17.3. The highest BCUT2D eigenvalue weighted by Crippen LogP contribution is 2.22. The lowest BCUT2D eigenvalue weighted by Gasteiger charge is -2.08. The summed E-state index contributed by atoms with van der Waals surface area (Å²) in [6, 6.07) is 13.3. The van der Waals surface area contributed by atoms with Crippen LogP contribution in [0.15, 0.2) is 47.6 Å². The molecule has 6 nitrogen and oxygen atoms in total. The molecule has 8 heteroatoms. The van der Waals surface area contributed by atoms with Gasteiger partial charge in [-0.2, -0.15) is 0 Å². The molecule has 0 aliphatic carbocycles. The van der Waals surface area contributed by atoms with Crippen LogP contribution in [-0.2, 0) is 24.7 Å². The van der Waals surface area contributed by atoms with Gasteiger partial charge in [-0.1, -0.05) is 41.6 Å². The van der Waals surface area contributed by atoms with Gasteiger partial charge in [-0.25, -0.2) is 0 Å². The fourth-order valence-corrected chi connectivity index (χ4v) is 3.99. The minimum Gasteiger partial charge on any atom is -0.497 e. The SMILES string of the molecule is COc1ccc(CCCc2nnc(SCC(=O)Nc3ccccc3Cl)n2C)c(C)c1. The van der Waals surface area contributed by atoms with Crippen molar-refractivity contribution in [1.29, 1.82) is 0 Å². The van der Waals surface area contributed by atoms with Crippen molar-refractivity contribution >= 4 is 35.0 Å². The number of amides is 1. The molecule has 0 atom stereocenters. The number of rotatable bonds is 9. The van der Waals surface area contributed by atoms with Gasteiger partial charge in [0.1, 0.15) is 11.6 Å². The smallest absolute Gasteiger partial charge is 0.234 e. The zero-order valence-corrected chi connectivity index (χ0v) is 18.9. The largest absolute Gasteiger partial charge is 0.497 e. The van der Waals surface area contributed by atoms with Crippen molar-refractivity contribution < 1.29 is 9.53 Å². The van der Waals surface area contributed by atoms with E-state index in [-0.39, 0.29) is 11.7 Å². The number of hydrogen-bond acceptors (Lipinski definition) is 5. The summed E-state index contributed by atoms with van der Waals surface area (Å²) >= 11 is 7.44. The Bertz CT molecular complexity index is 1020. The van der Waals surface area contributed by atoms with Gasteiger partial charge in [0.15, 0.2) is 5.16 Å². The van der Waals surface area contributed by atoms with Gasteiger partial charge in [-0.05, 0) is 55.2 Å². The van der Waals surface area contributed by atoms with Crippen LogP contribution < -0.4 is 10.1 Å². The Kier molecular flexibility index (Phi) is 7.76. The first kappa shape index (κ1) is 22.2. The Morgan fingerprint density at radius 1 is 1.20 bits per heavy atom. The topological polar surface area (TPSA) is 69.0 Å². The van der Waals surface area contributed by atoms with Gasteiger partial charge in [0, 0.05) is 13.5 Å². The van der Waals surface area contributed by atoms with Crippen LogP contribution in [0.25, 0.3) is 0 Å². The van der Waals surface area contributed by atoms with Crippen molar-refractivity contribution in [2.45, 2.75) is 31.3 Å². The average molecular weight is 445 g/mol. The Balaban J connectivity index is 1.49. The number of halogens is 1. The number of aromatic nitrogens is 3. The number of thioether (sulfide) groups is 1. The molecule has 0 saturated carbocycles. The van der Waals surface area contributed by atoms with Crippen molar-refractivity contribution in [3.8, 4) is 5.75 Å². The molecule has 0 aliphatic heterocycles. The van der Waals surface area contributed by atoms with Gasteiger partial charge in [-0.3, -0.25) is 4.79 Å². The van der Waals surface area contributed by atoms with E-state index in [1.165, 1.54) is 22.9 Å². The summed E-state index contributed by atoms with van der Waals surface area (Å²) in [6.45, 7) is 2.10. The van der Waals surface area contributed by atoms with Crippen molar-refractivity contribution in [3.63, 3.8) is 0 Å². The van der Waals surface area contributed by atoms with Crippen molar-refractivity contribution in [2.75, 3.05) is 18.2 Å². The monoisotopic (exact) mass is 444 g/mol. The van der Waals surface area contributed by atoms with Crippen LogP contribution in [0.1, 0.15) is 23.4 Å². The highest BCUT2D eigenvalue weighted by molar-refractivity contribution is 7.99. The first-order chi connectivity index (χ1) is 14.5. The first-order valence-electron chi connectivity index (χ1n) is 9.67. The van der Waals surface area contributed by atoms with Gasteiger partial charge in [0.25, 0.3) is 0 Å². The minimum atomic E-state index is -0.132. The number of hydrogen-bond donors (Lipinski definition) is 1. The number of carbonyl (C=O) groups excluding carboxylic acids is 1. The molecule has 3 rings (SSSR count). The standard InChI is InChI=1S/C22H25ClN4O2S/c1-15-13-17(29-3)12-11-16(15)7-6-10-20-25-26-22(27(20)2)30-14-21(28)24-19-9-5-4-8-18(19)23/h4-5,8-9,11-13H,6-7,10,14H2,1-3H3,(H,24,28). The second-order valence-electron chi connectivity index (χ2n) is 6.92. The molecule has 30 heavy (non-hydrogen) atoms. The molecular weight excluding hydrogens is 420 g/mol. The van der Waals surface area contributed by atoms with Crippen LogP contribution in [0.4, 0.5) is 5.69 Å². The van der Waals surface area contributed by atoms with E-state index in [0.717, 1.165) is 36.0 Å². The molecule has 0 fully saturated rings. The van der Waals surface area contributed by atoms with E-state index in [4.69, 9.17) is 16.3 Å². The van der Waals surface area contributed by atoms with Crippen LogP contribution in [0.5, 0.6) is 5.75 Å². The average Bonchev–Trinajstić information content (AvgIpc) is 3.09. The number of aryl methyl sites for hydroxylation is 3. The van der Waals surface area contributed by atoms with E-state index in [1.54, 1.807) is 19.2 Å². The van der Waals surface area contributed by atoms with Gasteiger partial charge in [0.05, 0.1) is 23.6 Å². The second kappa shape index (κ2) is 10.5. The fourth-order valence-electron chi connectivity index (χ4n) is 3.08. The maximum atomic E-state index is 12.2. The molecule has 3 aromatic rings. The summed E-state index contributed by atoms with van der Waals surface area (Å²) in [5, 5.41) is 12.6. The Morgan fingerprint density at radius 3 is 2.73 bits per heavy atom. The molecule has 0 saturated heterocycles. The van der Waals surface area contributed by atoms with Gasteiger partial charge in [-0.15, -0.1) is 10.2 Å². The molecule has 0 radical (unpaired) electrons. The van der Waals surface area contributed by atoms with E-state index in [0.29, 0.717) is 10.7 Å². The molecule has 0 bridgehead atoms. The maximum absolute atomic E-state index is 12.2. The first-order valence-corrected chi connectivity index (χ1v) is 11.0. The molecule has 0 unspecified atom stereocenters. The van der Waals surface area contributed by atoms with E-state index in [1.807, 2.05) is 29.8 Å². The summed E-state index contributed by atoms with van der Waals surface area (Å²) in [6.07, 6.45) is 2.75. The number of benzene rings is 2. The van der Waals surface area contributed by atoms with Crippen LogP contribution in [0, 0.1) is 6.92 Å². The summed E-state index contributed by atoms with van der Waals surface area (Å²) in [4.78, 5) is 12.2. The van der Waals surface area contributed by atoms with Crippen molar-refractivity contribution in [1.82, 2.24) is 14.8 Å². The van der Waals surface area contributed by atoms with Crippen molar-refractivity contribution in [2.24, 2.45) is 7.05 Å². The number of ether oxygens (including phenoxy) is 1. The Labute approximate surface area is 186 Å². The van der Waals surface area contributed by atoms with Gasteiger partial charge < -0.3 is 14.6 Å². The number of para-hydroxylation sites is 1. The lowest BCUT2D eigenvalue weighted by molar-refractivity contribution is -0.113. The number of nitrogens with zero attached hydrogens (tertiary/aromatic N) is 3. The third-order valence-electron chi connectivity index (χ3n) is 4.80. The minimum absolute atomic E-state index is 0.132. The van der Waals surface area contributed by atoms with Crippen LogP contribution >= 0.6 is 23.4 Å². The third kappa shape index (κ3) is 5.77. The van der Waals surface area contributed by atoms with E-state index in [9.17, 15) is 4.79 Å². The van der Waals surface area contributed by atoms with E-state index < -0.39 is 0 Å². The predicted molar refractivity (Wildman–Crippen MR) is 122 cm³/mol. The van der Waals surface area contributed by atoms with Crippen LogP contribution in [0.3, 0.4) is 0 Å². The number of carbonyl (C=O) groups is 1. The van der Waals surface area contributed by atoms with Crippen LogP contribution in [0.2, 0.25) is 5.02 Å². The van der Waals surface area contributed by atoms with Gasteiger partial charge >= 0.3 is 0 Å².